The van der Waals surface area contributed by atoms with E-state index in [1.165, 1.54) is 0 Å². The molecule has 1 nitrogen and oxygen atoms in total. The van der Waals surface area contributed by atoms with Crippen LogP contribution in [0.25, 0.3) is 6.08 Å². The molecule has 78 valence electrons. The maximum Gasteiger partial charge on any atom is 0.161 e. The molecule has 1 aromatic rings. The van der Waals surface area contributed by atoms with Gasteiger partial charge in [-0.1, -0.05) is 37.3 Å². The summed E-state index contributed by atoms with van der Waals surface area (Å²) in [5.74, 6) is 0.554. The first-order chi connectivity index (χ1) is 7.27. The van der Waals surface area contributed by atoms with Crippen LogP contribution in [-0.4, -0.2) is 5.78 Å². The van der Waals surface area contributed by atoms with Crippen molar-refractivity contribution in [3.8, 4) is 0 Å². The molecule has 1 saturated carbocycles. The summed E-state index contributed by atoms with van der Waals surface area (Å²) in [6.45, 7) is 2.03. The summed E-state index contributed by atoms with van der Waals surface area (Å²) in [5.41, 5.74) is 2.13. The van der Waals surface area contributed by atoms with Gasteiger partial charge in [-0.2, -0.15) is 0 Å². The zero-order chi connectivity index (χ0) is 10.7. The highest BCUT2D eigenvalue weighted by molar-refractivity contribution is 6.01. The van der Waals surface area contributed by atoms with Gasteiger partial charge in [-0.3, -0.25) is 4.79 Å². The fraction of sp³-hybridized carbons (Fsp3) is 0.357. The molecule has 1 aliphatic carbocycles. The number of allylic oxidation sites excluding steroid dienone is 1. The molecule has 1 aromatic carbocycles. The van der Waals surface area contributed by atoms with Gasteiger partial charge < -0.3 is 0 Å². The average molecular weight is 200 g/mol. The predicted molar refractivity (Wildman–Crippen MR) is 62.4 cm³/mol. The van der Waals surface area contributed by atoms with E-state index in [-0.39, 0.29) is 5.92 Å². The van der Waals surface area contributed by atoms with Gasteiger partial charge in [0.15, 0.2) is 5.78 Å². The quantitative estimate of drug-likeness (QED) is 0.634. The molecule has 0 unspecified atom stereocenters. The predicted octanol–water partition coefficient (Wildman–Crippen LogP) is 3.46. The van der Waals surface area contributed by atoms with Crippen LogP contribution in [0.4, 0.5) is 0 Å². The SMILES string of the molecule is C[C@H]1CCC/C(=C/c2ccccc2)C1=O. The van der Waals surface area contributed by atoms with Gasteiger partial charge in [0.2, 0.25) is 0 Å². The molecule has 0 N–H and O–H groups in total. The summed E-state index contributed by atoms with van der Waals surface area (Å²) in [5, 5.41) is 0. The number of carbonyl (C=O) groups excluding carboxylic acids is 1. The number of benzene rings is 1. The highest BCUT2D eigenvalue weighted by Gasteiger charge is 2.21. The van der Waals surface area contributed by atoms with Gasteiger partial charge in [0, 0.05) is 5.92 Å². The minimum Gasteiger partial charge on any atom is -0.294 e. The minimum absolute atomic E-state index is 0.216. The first-order valence-corrected chi connectivity index (χ1v) is 5.57. The molecule has 15 heavy (non-hydrogen) atoms. The van der Waals surface area contributed by atoms with Crippen LogP contribution in [0.15, 0.2) is 35.9 Å². The number of ketones is 1. The van der Waals surface area contributed by atoms with E-state index in [0.717, 1.165) is 30.4 Å². The molecule has 0 bridgehead atoms. The van der Waals surface area contributed by atoms with E-state index in [0.29, 0.717) is 5.78 Å². The lowest BCUT2D eigenvalue weighted by molar-refractivity contribution is -0.119. The van der Waals surface area contributed by atoms with E-state index in [9.17, 15) is 4.79 Å². The molecule has 0 aliphatic heterocycles. The molecular weight excluding hydrogens is 184 g/mol. The van der Waals surface area contributed by atoms with Gasteiger partial charge in [0.25, 0.3) is 0 Å². The highest BCUT2D eigenvalue weighted by atomic mass is 16.1. The molecule has 1 heteroatoms. The van der Waals surface area contributed by atoms with Gasteiger partial charge in [-0.25, -0.2) is 0 Å². The fourth-order valence-corrected chi connectivity index (χ4v) is 2.06. The van der Waals surface area contributed by atoms with Crippen molar-refractivity contribution in [3.63, 3.8) is 0 Å². The molecule has 0 spiro atoms. The highest BCUT2D eigenvalue weighted by Crippen LogP contribution is 2.26. The Bertz CT molecular complexity index is 376. The van der Waals surface area contributed by atoms with Crippen LogP contribution in [0.2, 0.25) is 0 Å². The first kappa shape index (κ1) is 10.2. The third kappa shape index (κ3) is 2.35. The Kier molecular flexibility index (Phi) is 3.00. The van der Waals surface area contributed by atoms with Gasteiger partial charge in [-0.15, -0.1) is 0 Å². The van der Waals surface area contributed by atoms with Crippen LogP contribution >= 0.6 is 0 Å². The largest absolute Gasteiger partial charge is 0.294 e. The Morgan fingerprint density at radius 1 is 1.27 bits per heavy atom. The second kappa shape index (κ2) is 4.43. The summed E-state index contributed by atoms with van der Waals surface area (Å²) in [6.07, 6.45) is 5.17. The molecule has 0 heterocycles. The van der Waals surface area contributed by atoms with Crippen molar-refractivity contribution in [1.29, 1.82) is 0 Å². The Balaban J connectivity index is 2.23. The van der Waals surface area contributed by atoms with Crippen molar-refractivity contribution in [2.45, 2.75) is 26.2 Å². The topological polar surface area (TPSA) is 17.1 Å². The van der Waals surface area contributed by atoms with E-state index in [4.69, 9.17) is 0 Å². The van der Waals surface area contributed by atoms with Gasteiger partial charge in [0.05, 0.1) is 0 Å². The van der Waals surface area contributed by atoms with Gasteiger partial charge in [0.1, 0.15) is 0 Å². The van der Waals surface area contributed by atoms with E-state index in [2.05, 4.69) is 0 Å². The Morgan fingerprint density at radius 3 is 2.73 bits per heavy atom. The molecule has 0 radical (unpaired) electrons. The smallest absolute Gasteiger partial charge is 0.161 e. The monoisotopic (exact) mass is 200 g/mol. The zero-order valence-corrected chi connectivity index (χ0v) is 9.07. The van der Waals surface area contributed by atoms with Gasteiger partial charge >= 0.3 is 0 Å². The first-order valence-electron chi connectivity index (χ1n) is 5.57. The van der Waals surface area contributed by atoms with Crippen molar-refractivity contribution >= 4 is 11.9 Å². The number of rotatable bonds is 1. The molecule has 1 fully saturated rings. The Hall–Kier alpha value is -1.37. The van der Waals surface area contributed by atoms with Crippen LogP contribution < -0.4 is 0 Å². The second-order valence-electron chi connectivity index (χ2n) is 4.24. The van der Waals surface area contributed by atoms with Crippen molar-refractivity contribution < 1.29 is 4.79 Å². The zero-order valence-electron chi connectivity index (χ0n) is 9.07. The van der Waals surface area contributed by atoms with Crippen LogP contribution in [0.5, 0.6) is 0 Å². The maximum absolute atomic E-state index is 11.9. The van der Waals surface area contributed by atoms with Crippen LogP contribution in [0.1, 0.15) is 31.7 Å². The van der Waals surface area contributed by atoms with E-state index >= 15 is 0 Å². The van der Waals surface area contributed by atoms with Crippen molar-refractivity contribution in [3.05, 3.63) is 41.5 Å². The van der Waals surface area contributed by atoms with Crippen molar-refractivity contribution in [2.75, 3.05) is 0 Å². The third-order valence-electron chi connectivity index (χ3n) is 2.99. The van der Waals surface area contributed by atoms with Gasteiger partial charge in [-0.05, 0) is 36.5 Å². The standard InChI is InChI=1S/C14H16O/c1-11-6-5-9-13(14(11)15)10-12-7-3-2-4-8-12/h2-4,7-8,10-11H,5-6,9H2,1H3/b13-10-/t11-/m0/s1. The summed E-state index contributed by atoms with van der Waals surface area (Å²) in [7, 11) is 0. The molecule has 0 amide bonds. The van der Waals surface area contributed by atoms with Crippen molar-refractivity contribution in [2.24, 2.45) is 5.92 Å². The van der Waals surface area contributed by atoms with Crippen molar-refractivity contribution in [1.82, 2.24) is 0 Å². The molecule has 1 aliphatic rings. The molecule has 0 aromatic heterocycles. The molecule has 2 rings (SSSR count). The lowest BCUT2D eigenvalue weighted by Gasteiger charge is -2.19. The molecular formula is C14H16O. The lowest BCUT2D eigenvalue weighted by atomic mass is 9.84. The lowest BCUT2D eigenvalue weighted by Crippen LogP contribution is -2.18. The Morgan fingerprint density at radius 2 is 2.00 bits per heavy atom. The number of hydrogen-bond acceptors (Lipinski definition) is 1. The summed E-state index contributed by atoms with van der Waals surface area (Å²) >= 11 is 0. The number of Topliss-reactive ketones (excluding diaryl/α,β-unsaturated/α-hetero) is 1. The van der Waals surface area contributed by atoms with Crippen LogP contribution in [-0.2, 0) is 4.79 Å². The molecule has 1 atom stereocenters. The van der Waals surface area contributed by atoms with E-state index < -0.39 is 0 Å². The fourth-order valence-electron chi connectivity index (χ4n) is 2.06. The molecule has 0 saturated heterocycles. The minimum atomic E-state index is 0.216. The summed E-state index contributed by atoms with van der Waals surface area (Å²) in [6, 6.07) is 10.1. The maximum atomic E-state index is 11.9. The number of hydrogen-bond donors (Lipinski definition) is 0. The Labute approximate surface area is 90.8 Å². The normalized spacial score (nSPS) is 24.5. The number of carbonyl (C=O) groups is 1. The van der Waals surface area contributed by atoms with Crippen LogP contribution in [0.3, 0.4) is 0 Å². The van der Waals surface area contributed by atoms with E-state index in [1.54, 1.807) is 0 Å². The summed E-state index contributed by atoms with van der Waals surface area (Å²) < 4.78 is 0. The van der Waals surface area contributed by atoms with Crippen LogP contribution in [0, 0.1) is 5.92 Å². The van der Waals surface area contributed by atoms with E-state index in [1.807, 2.05) is 43.3 Å². The second-order valence-corrected chi connectivity index (χ2v) is 4.24. The third-order valence-corrected chi connectivity index (χ3v) is 2.99. The average Bonchev–Trinajstić information content (AvgIpc) is 2.26. The summed E-state index contributed by atoms with van der Waals surface area (Å²) in [4.78, 5) is 11.9.